The van der Waals surface area contributed by atoms with Gasteiger partial charge < -0.3 is 14.5 Å². The highest BCUT2D eigenvalue weighted by Gasteiger charge is 2.47. The number of rotatable bonds is 4. The topological polar surface area (TPSA) is 75.6 Å². The molecule has 6 rings (SSSR count). The van der Waals surface area contributed by atoms with Gasteiger partial charge in [0.25, 0.3) is 5.91 Å². The van der Waals surface area contributed by atoms with E-state index in [9.17, 15) is 9.59 Å². The Morgan fingerprint density at radius 3 is 2.46 bits per heavy atom. The molecule has 0 spiro atoms. The first-order chi connectivity index (χ1) is 18.5. The van der Waals surface area contributed by atoms with Gasteiger partial charge in [-0.1, -0.05) is 6.07 Å². The maximum atomic E-state index is 15.4. The van der Waals surface area contributed by atoms with Gasteiger partial charge in [-0.15, -0.1) is 11.3 Å². The molecule has 7 nitrogen and oxygen atoms in total. The number of benzene rings is 1. The van der Waals surface area contributed by atoms with Crippen molar-refractivity contribution in [2.75, 3.05) is 7.05 Å². The molecule has 2 aliphatic heterocycles. The Kier molecular flexibility index (Phi) is 6.40. The summed E-state index contributed by atoms with van der Waals surface area (Å²) >= 11 is 1.60. The Balaban J connectivity index is 1.13. The fourth-order valence-corrected chi connectivity index (χ4v) is 7.34. The number of nitrogens with zero attached hydrogens (tertiary/aromatic N) is 4. The molecule has 1 aliphatic carbocycles. The second-order valence-corrected chi connectivity index (χ2v) is 13.2. The van der Waals surface area contributed by atoms with Gasteiger partial charge in [0.1, 0.15) is 22.1 Å². The van der Waals surface area contributed by atoms with Gasteiger partial charge in [-0.25, -0.2) is 19.2 Å². The standard InChI is InChI=1S/C30H35FN4O3S/c1-16-32-26(22-10-11-39-27(22)33-16)24-15-23(24)21-9-6-17(12-25(21)31)28(36)34(5)20-13-18-7-8-19(14-20)35(18)29(37)38-30(2,3)4/h6,9-12,18-20,23-24H,7-8,13-15H2,1-5H3. The third-order valence-corrected chi connectivity index (χ3v) is 9.24. The predicted molar refractivity (Wildman–Crippen MR) is 149 cm³/mol. The molecule has 2 amide bonds. The average molecular weight is 551 g/mol. The molecule has 3 aromatic rings. The molecule has 2 bridgehead atoms. The number of thiophene rings is 1. The Labute approximate surface area is 232 Å². The van der Waals surface area contributed by atoms with Crippen molar-refractivity contribution in [1.29, 1.82) is 0 Å². The van der Waals surface area contributed by atoms with Crippen LogP contribution in [0.1, 0.15) is 92.2 Å². The molecule has 4 unspecified atom stereocenters. The number of halogens is 1. The lowest BCUT2D eigenvalue weighted by molar-refractivity contribution is -0.00112. The van der Waals surface area contributed by atoms with E-state index in [4.69, 9.17) is 9.72 Å². The summed E-state index contributed by atoms with van der Waals surface area (Å²) in [6.45, 7) is 7.52. The summed E-state index contributed by atoms with van der Waals surface area (Å²) in [6.07, 6.45) is 3.81. The highest BCUT2D eigenvalue weighted by molar-refractivity contribution is 7.16. The third kappa shape index (κ3) is 4.90. The first-order valence-corrected chi connectivity index (χ1v) is 14.7. The van der Waals surface area contributed by atoms with E-state index in [1.165, 1.54) is 6.07 Å². The third-order valence-electron chi connectivity index (χ3n) is 8.44. The van der Waals surface area contributed by atoms with Crippen molar-refractivity contribution in [2.24, 2.45) is 0 Å². The summed E-state index contributed by atoms with van der Waals surface area (Å²) in [4.78, 5) is 40.0. The summed E-state index contributed by atoms with van der Waals surface area (Å²) in [5.41, 5.74) is 1.45. The predicted octanol–water partition coefficient (Wildman–Crippen LogP) is 6.41. The second kappa shape index (κ2) is 9.54. The van der Waals surface area contributed by atoms with E-state index < -0.39 is 5.60 Å². The zero-order valence-electron chi connectivity index (χ0n) is 23.1. The van der Waals surface area contributed by atoms with Gasteiger partial charge in [0.2, 0.25) is 0 Å². The van der Waals surface area contributed by atoms with E-state index in [-0.39, 0.29) is 47.8 Å². The van der Waals surface area contributed by atoms with Crippen LogP contribution in [0.3, 0.4) is 0 Å². The smallest absolute Gasteiger partial charge is 0.410 e. The van der Waals surface area contributed by atoms with Gasteiger partial charge in [-0.05, 0) is 94.9 Å². The van der Waals surface area contributed by atoms with E-state index >= 15 is 4.39 Å². The summed E-state index contributed by atoms with van der Waals surface area (Å²) in [5.74, 6) is 0.425. The SMILES string of the molecule is Cc1nc(C2CC2c2ccc(C(=O)N(C)C3CC4CCC(C3)N4C(=O)OC(C)(C)C)cc2F)c2ccsc2n1. The van der Waals surface area contributed by atoms with Crippen LogP contribution in [-0.4, -0.2) is 62.5 Å². The Bertz CT molecular complexity index is 1440. The highest BCUT2D eigenvalue weighted by Crippen LogP contribution is 2.56. The molecule has 0 N–H and O–H groups in total. The van der Waals surface area contributed by atoms with E-state index in [1.807, 2.05) is 44.0 Å². The van der Waals surface area contributed by atoms with Gasteiger partial charge in [-0.3, -0.25) is 4.79 Å². The summed E-state index contributed by atoms with van der Waals surface area (Å²) < 4.78 is 21.0. The molecule has 4 heterocycles. The monoisotopic (exact) mass is 550 g/mol. The van der Waals surface area contributed by atoms with E-state index in [0.717, 1.165) is 41.0 Å². The molecule has 206 valence electrons. The average Bonchev–Trinajstić information content (AvgIpc) is 3.42. The molecule has 2 aromatic heterocycles. The van der Waals surface area contributed by atoms with Crippen LogP contribution in [0.4, 0.5) is 9.18 Å². The minimum Gasteiger partial charge on any atom is -0.444 e. The normalized spacial score (nSPS) is 26.1. The minimum absolute atomic E-state index is 0.00161. The molecule has 0 radical (unpaired) electrons. The number of aromatic nitrogens is 2. The zero-order valence-corrected chi connectivity index (χ0v) is 23.9. The van der Waals surface area contributed by atoms with Crippen LogP contribution in [0, 0.1) is 12.7 Å². The number of piperidine rings is 1. The van der Waals surface area contributed by atoms with Crippen LogP contribution in [0.25, 0.3) is 10.2 Å². The van der Waals surface area contributed by atoms with Crippen LogP contribution in [0.15, 0.2) is 29.6 Å². The summed E-state index contributed by atoms with van der Waals surface area (Å²) in [5, 5.41) is 3.07. The van der Waals surface area contributed by atoms with Gasteiger partial charge in [0, 0.05) is 42.0 Å². The van der Waals surface area contributed by atoms with Gasteiger partial charge in [0.05, 0.1) is 5.69 Å². The van der Waals surface area contributed by atoms with Crippen molar-refractivity contribution in [3.05, 3.63) is 58.1 Å². The first-order valence-electron chi connectivity index (χ1n) is 13.8. The second-order valence-electron chi connectivity index (χ2n) is 12.3. The number of hydrogen-bond donors (Lipinski definition) is 0. The number of ether oxygens (including phenoxy) is 1. The van der Waals surface area contributed by atoms with E-state index in [2.05, 4.69) is 4.98 Å². The van der Waals surface area contributed by atoms with Gasteiger partial charge in [0.15, 0.2) is 0 Å². The quantitative estimate of drug-likeness (QED) is 0.375. The number of amides is 2. The molecular weight excluding hydrogens is 515 g/mol. The first kappa shape index (κ1) is 26.2. The molecule has 39 heavy (non-hydrogen) atoms. The van der Waals surface area contributed by atoms with Crippen LogP contribution in [0.5, 0.6) is 0 Å². The van der Waals surface area contributed by atoms with E-state index in [0.29, 0.717) is 24.0 Å². The molecule has 3 fully saturated rings. The van der Waals surface area contributed by atoms with Crippen LogP contribution < -0.4 is 0 Å². The fraction of sp³-hybridized carbons (Fsp3) is 0.533. The molecule has 9 heteroatoms. The number of aryl methyl sites for hydroxylation is 1. The van der Waals surface area contributed by atoms with Crippen LogP contribution in [-0.2, 0) is 4.74 Å². The molecule has 3 aliphatic rings. The lowest BCUT2D eigenvalue weighted by Gasteiger charge is -2.42. The van der Waals surface area contributed by atoms with Gasteiger partial charge >= 0.3 is 6.09 Å². The number of carbonyl (C=O) groups excluding carboxylic acids is 2. The van der Waals surface area contributed by atoms with Crippen molar-refractivity contribution in [2.45, 2.75) is 95.4 Å². The zero-order chi connectivity index (χ0) is 27.6. The minimum atomic E-state index is -0.541. The summed E-state index contributed by atoms with van der Waals surface area (Å²) in [6, 6.07) is 7.08. The Morgan fingerprint density at radius 1 is 1.08 bits per heavy atom. The highest BCUT2D eigenvalue weighted by atomic mass is 32.1. The van der Waals surface area contributed by atoms with Crippen molar-refractivity contribution < 1.29 is 18.7 Å². The molecule has 2 saturated heterocycles. The van der Waals surface area contributed by atoms with Crippen molar-refractivity contribution >= 4 is 33.6 Å². The van der Waals surface area contributed by atoms with Crippen molar-refractivity contribution in [1.82, 2.24) is 19.8 Å². The van der Waals surface area contributed by atoms with Crippen molar-refractivity contribution in [3.8, 4) is 0 Å². The van der Waals surface area contributed by atoms with Crippen LogP contribution >= 0.6 is 11.3 Å². The van der Waals surface area contributed by atoms with Gasteiger partial charge in [-0.2, -0.15) is 0 Å². The number of carbonyl (C=O) groups is 2. The lowest BCUT2D eigenvalue weighted by Crippen LogP contribution is -2.53. The lowest BCUT2D eigenvalue weighted by atomic mass is 9.95. The maximum Gasteiger partial charge on any atom is 0.410 e. The van der Waals surface area contributed by atoms with Crippen LogP contribution in [0.2, 0.25) is 0 Å². The largest absolute Gasteiger partial charge is 0.444 e. The van der Waals surface area contributed by atoms with Crippen molar-refractivity contribution in [3.63, 3.8) is 0 Å². The summed E-state index contributed by atoms with van der Waals surface area (Å²) in [7, 11) is 1.79. The molecule has 1 aromatic carbocycles. The Morgan fingerprint density at radius 2 is 1.79 bits per heavy atom. The fourth-order valence-electron chi connectivity index (χ4n) is 6.52. The molecular formula is C30H35FN4O3S. The van der Waals surface area contributed by atoms with E-state index in [1.54, 1.807) is 35.4 Å². The number of fused-ring (bicyclic) bond motifs is 3. The maximum absolute atomic E-state index is 15.4. The molecule has 4 atom stereocenters. The number of hydrogen-bond acceptors (Lipinski definition) is 6. The molecule has 1 saturated carbocycles. The Hall–Kier alpha value is -3.07.